The number of esters is 1. The van der Waals surface area contributed by atoms with Crippen molar-refractivity contribution in [3.63, 3.8) is 0 Å². The molecular weight excluding hydrogens is 284 g/mol. The second-order valence-electron chi connectivity index (χ2n) is 4.08. The van der Waals surface area contributed by atoms with E-state index < -0.39 is 18.2 Å². The molecular formula is C13H13ClN2O4. The topological polar surface area (TPSA) is 92.5 Å². The first-order valence-electron chi connectivity index (χ1n) is 5.98. The molecule has 1 aromatic heterocycles. The molecule has 106 valence electrons. The van der Waals surface area contributed by atoms with Gasteiger partial charge in [-0.3, -0.25) is 4.98 Å². The van der Waals surface area contributed by atoms with Crippen LogP contribution in [0.25, 0.3) is 11.0 Å². The molecule has 0 aliphatic carbocycles. The summed E-state index contributed by atoms with van der Waals surface area (Å²) in [6, 6.07) is 4.69. The molecule has 2 rings (SSSR count). The summed E-state index contributed by atoms with van der Waals surface area (Å²) in [5.41, 5.74) is 1.38. The average molecular weight is 297 g/mol. The number of hydrogen-bond donors (Lipinski definition) is 2. The van der Waals surface area contributed by atoms with E-state index in [9.17, 15) is 15.0 Å². The molecule has 0 radical (unpaired) electrons. The van der Waals surface area contributed by atoms with Crippen molar-refractivity contribution in [2.24, 2.45) is 0 Å². The fourth-order valence-corrected chi connectivity index (χ4v) is 1.87. The molecule has 0 saturated heterocycles. The molecule has 1 aromatic carbocycles. The summed E-state index contributed by atoms with van der Waals surface area (Å²) in [4.78, 5) is 19.5. The quantitative estimate of drug-likeness (QED) is 0.825. The molecule has 6 nitrogen and oxygen atoms in total. The Labute approximate surface area is 120 Å². The highest BCUT2D eigenvalue weighted by molar-refractivity contribution is 6.29. The summed E-state index contributed by atoms with van der Waals surface area (Å²) < 4.78 is 4.65. The third kappa shape index (κ3) is 3.04. The minimum atomic E-state index is -1.65. The first kappa shape index (κ1) is 14.6. The van der Waals surface area contributed by atoms with Gasteiger partial charge in [0.1, 0.15) is 11.3 Å². The van der Waals surface area contributed by atoms with E-state index in [2.05, 4.69) is 14.7 Å². The highest BCUT2D eigenvalue weighted by atomic mass is 35.5. The molecule has 0 aliphatic heterocycles. The molecule has 2 unspecified atom stereocenters. The summed E-state index contributed by atoms with van der Waals surface area (Å²) in [7, 11) is 0. The zero-order chi connectivity index (χ0) is 14.7. The van der Waals surface area contributed by atoms with Crippen molar-refractivity contribution in [3.05, 3.63) is 35.1 Å². The van der Waals surface area contributed by atoms with Crippen molar-refractivity contribution in [1.82, 2.24) is 9.97 Å². The van der Waals surface area contributed by atoms with Crippen LogP contribution in [0.15, 0.2) is 24.4 Å². The number of fused-ring (bicyclic) bond motifs is 1. The van der Waals surface area contributed by atoms with Gasteiger partial charge in [0.25, 0.3) is 0 Å². The van der Waals surface area contributed by atoms with Crippen LogP contribution >= 0.6 is 11.6 Å². The average Bonchev–Trinajstić information content (AvgIpc) is 2.45. The Kier molecular flexibility index (Phi) is 4.49. The lowest BCUT2D eigenvalue weighted by molar-refractivity contribution is -0.159. The molecule has 2 N–H and O–H groups in total. The molecule has 20 heavy (non-hydrogen) atoms. The monoisotopic (exact) mass is 296 g/mol. The van der Waals surface area contributed by atoms with Crippen molar-refractivity contribution >= 4 is 28.6 Å². The van der Waals surface area contributed by atoms with E-state index in [0.717, 1.165) is 0 Å². The molecule has 1 heterocycles. The van der Waals surface area contributed by atoms with Crippen LogP contribution in [-0.4, -0.2) is 38.9 Å². The Morgan fingerprint density at radius 2 is 2.15 bits per heavy atom. The van der Waals surface area contributed by atoms with E-state index >= 15 is 0 Å². The summed E-state index contributed by atoms with van der Waals surface area (Å²) >= 11 is 5.75. The molecule has 0 amide bonds. The van der Waals surface area contributed by atoms with E-state index in [0.29, 0.717) is 16.6 Å². The zero-order valence-electron chi connectivity index (χ0n) is 10.7. The zero-order valence-corrected chi connectivity index (χ0v) is 11.4. The highest BCUT2D eigenvalue weighted by Crippen LogP contribution is 2.22. The summed E-state index contributed by atoms with van der Waals surface area (Å²) in [6.07, 6.45) is -1.65. The number of carbonyl (C=O) groups is 1. The van der Waals surface area contributed by atoms with Crippen molar-refractivity contribution in [3.8, 4) is 0 Å². The Morgan fingerprint density at radius 1 is 1.40 bits per heavy atom. The van der Waals surface area contributed by atoms with Gasteiger partial charge >= 0.3 is 5.97 Å². The van der Waals surface area contributed by atoms with E-state index in [-0.39, 0.29) is 11.8 Å². The van der Waals surface area contributed by atoms with Crippen LogP contribution in [0, 0.1) is 0 Å². The van der Waals surface area contributed by atoms with Gasteiger partial charge in [0.05, 0.1) is 23.8 Å². The number of halogens is 1. The second-order valence-corrected chi connectivity index (χ2v) is 4.47. The van der Waals surface area contributed by atoms with E-state index in [4.69, 9.17) is 11.6 Å². The first-order chi connectivity index (χ1) is 9.52. The highest BCUT2D eigenvalue weighted by Gasteiger charge is 2.27. The summed E-state index contributed by atoms with van der Waals surface area (Å²) in [5, 5.41) is 19.9. The van der Waals surface area contributed by atoms with Gasteiger partial charge in [0.15, 0.2) is 6.10 Å². The number of aliphatic hydroxyl groups is 2. The van der Waals surface area contributed by atoms with E-state index in [1.54, 1.807) is 19.1 Å². The normalized spacial score (nSPS) is 14.0. The Bertz CT molecular complexity index is 635. The molecule has 0 bridgehead atoms. The number of benzene rings is 1. The fourth-order valence-electron chi connectivity index (χ4n) is 1.73. The number of aliphatic hydroxyl groups excluding tert-OH is 2. The first-order valence-corrected chi connectivity index (χ1v) is 6.35. The van der Waals surface area contributed by atoms with E-state index in [1.807, 2.05) is 0 Å². The van der Waals surface area contributed by atoms with Crippen molar-refractivity contribution in [2.45, 2.75) is 19.1 Å². The maximum atomic E-state index is 11.4. The molecule has 2 aromatic rings. The van der Waals surface area contributed by atoms with Gasteiger partial charge < -0.3 is 14.9 Å². The van der Waals surface area contributed by atoms with Gasteiger partial charge in [0.2, 0.25) is 0 Å². The van der Waals surface area contributed by atoms with Gasteiger partial charge in [-0.2, -0.15) is 0 Å². The molecule has 7 heteroatoms. The largest absolute Gasteiger partial charge is 0.464 e. The van der Waals surface area contributed by atoms with Gasteiger partial charge in [-0.25, -0.2) is 9.78 Å². The van der Waals surface area contributed by atoms with Gasteiger partial charge in [0, 0.05) is 0 Å². The van der Waals surface area contributed by atoms with E-state index in [1.165, 1.54) is 12.3 Å². The molecule has 0 saturated carbocycles. The maximum Gasteiger partial charge on any atom is 0.338 e. The van der Waals surface area contributed by atoms with Crippen molar-refractivity contribution in [2.75, 3.05) is 6.61 Å². The van der Waals surface area contributed by atoms with Crippen LogP contribution in [0.2, 0.25) is 5.15 Å². The number of carbonyl (C=O) groups excluding carboxylic acids is 1. The fraction of sp³-hybridized carbons (Fsp3) is 0.308. The number of aromatic nitrogens is 2. The molecule has 0 spiro atoms. The smallest absolute Gasteiger partial charge is 0.338 e. The SMILES string of the molecule is CCOC(=O)C(O)C(O)c1ccc2ncc(Cl)nc2c1. The third-order valence-electron chi connectivity index (χ3n) is 2.71. The Balaban J connectivity index is 2.30. The predicted octanol–water partition coefficient (Wildman–Crippen LogP) is 1.24. The summed E-state index contributed by atoms with van der Waals surface area (Å²) in [5.74, 6) is -0.878. The number of hydrogen-bond acceptors (Lipinski definition) is 6. The number of ether oxygens (including phenoxy) is 1. The predicted molar refractivity (Wildman–Crippen MR) is 72.1 cm³/mol. The lowest BCUT2D eigenvalue weighted by Crippen LogP contribution is -2.29. The molecule has 0 aliphatic rings. The lowest BCUT2D eigenvalue weighted by atomic mass is 10.0. The van der Waals surface area contributed by atoms with Gasteiger partial charge in [-0.05, 0) is 24.6 Å². The Morgan fingerprint density at radius 3 is 2.85 bits per heavy atom. The van der Waals surface area contributed by atoms with Gasteiger partial charge in [-0.15, -0.1) is 0 Å². The van der Waals surface area contributed by atoms with Gasteiger partial charge in [-0.1, -0.05) is 17.7 Å². The van der Waals surface area contributed by atoms with Crippen LogP contribution in [0.5, 0.6) is 0 Å². The standard InChI is InChI=1S/C13H13ClN2O4/c1-2-20-13(19)12(18)11(17)7-3-4-8-9(5-7)16-10(14)6-15-8/h3-6,11-12,17-18H,2H2,1H3. The van der Waals surface area contributed by atoms with Crippen LogP contribution < -0.4 is 0 Å². The van der Waals surface area contributed by atoms with Crippen molar-refractivity contribution in [1.29, 1.82) is 0 Å². The minimum Gasteiger partial charge on any atom is -0.464 e. The van der Waals surface area contributed by atoms with Crippen LogP contribution in [0.1, 0.15) is 18.6 Å². The Hall–Kier alpha value is -1.76. The number of nitrogens with zero attached hydrogens (tertiary/aromatic N) is 2. The van der Waals surface area contributed by atoms with Crippen molar-refractivity contribution < 1.29 is 19.7 Å². The number of rotatable bonds is 4. The lowest BCUT2D eigenvalue weighted by Gasteiger charge is -2.16. The minimum absolute atomic E-state index is 0.126. The molecule has 0 fully saturated rings. The van der Waals surface area contributed by atoms with Crippen LogP contribution in [-0.2, 0) is 9.53 Å². The second kappa shape index (κ2) is 6.13. The maximum absolute atomic E-state index is 11.4. The molecule has 2 atom stereocenters. The van der Waals surface area contributed by atoms with Crippen LogP contribution in [0.4, 0.5) is 0 Å². The summed E-state index contributed by atoms with van der Waals surface area (Å²) in [6.45, 7) is 1.74. The van der Waals surface area contributed by atoms with Crippen LogP contribution in [0.3, 0.4) is 0 Å². The third-order valence-corrected chi connectivity index (χ3v) is 2.89.